The molecule has 1 unspecified atom stereocenters. The molecule has 1 saturated heterocycles. The van der Waals surface area contributed by atoms with E-state index in [1.54, 1.807) is 0 Å². The van der Waals surface area contributed by atoms with Gasteiger partial charge in [-0.25, -0.2) is 0 Å². The first-order valence-electron chi connectivity index (χ1n) is 8.82. The highest BCUT2D eigenvalue weighted by molar-refractivity contribution is 5.49. The molecule has 23 heavy (non-hydrogen) atoms. The molecule has 0 bridgehead atoms. The number of rotatable bonds is 5. The molecule has 0 N–H and O–H groups in total. The van der Waals surface area contributed by atoms with Crippen molar-refractivity contribution in [2.24, 2.45) is 0 Å². The maximum absolute atomic E-state index is 2.62. The molecule has 2 heteroatoms. The van der Waals surface area contributed by atoms with E-state index in [4.69, 9.17) is 0 Å². The minimum atomic E-state index is 0.585. The molecule has 0 saturated carbocycles. The molecular formula is C21H28N2. The SMILES string of the molecule is Cc1cccc(N2CCN(CCCc3ccccc3)CC2C)c1. The van der Waals surface area contributed by atoms with Gasteiger partial charge in [0.2, 0.25) is 0 Å². The second-order valence-electron chi connectivity index (χ2n) is 6.77. The highest BCUT2D eigenvalue weighted by atomic mass is 15.3. The zero-order chi connectivity index (χ0) is 16.1. The molecule has 2 nitrogen and oxygen atoms in total. The number of aryl methyl sites for hydroxylation is 2. The second-order valence-corrected chi connectivity index (χ2v) is 6.77. The first-order valence-corrected chi connectivity index (χ1v) is 8.82. The van der Waals surface area contributed by atoms with E-state index in [0.717, 1.165) is 6.54 Å². The van der Waals surface area contributed by atoms with E-state index in [-0.39, 0.29) is 0 Å². The Labute approximate surface area is 140 Å². The smallest absolute Gasteiger partial charge is 0.0389 e. The lowest BCUT2D eigenvalue weighted by atomic mass is 10.1. The standard InChI is InChI=1S/C21H28N2/c1-18-8-6-12-21(16-18)23-15-14-22(17-19(23)2)13-7-11-20-9-4-3-5-10-20/h3-6,8-10,12,16,19H,7,11,13-15,17H2,1-2H3. The fraction of sp³-hybridized carbons (Fsp3) is 0.429. The fourth-order valence-electron chi connectivity index (χ4n) is 3.58. The van der Waals surface area contributed by atoms with Crippen LogP contribution in [0.25, 0.3) is 0 Å². The number of hydrogen-bond acceptors (Lipinski definition) is 2. The van der Waals surface area contributed by atoms with Crippen molar-refractivity contribution in [1.29, 1.82) is 0 Å². The summed E-state index contributed by atoms with van der Waals surface area (Å²) in [7, 11) is 0. The molecule has 2 aromatic rings. The van der Waals surface area contributed by atoms with Gasteiger partial charge in [0.25, 0.3) is 0 Å². The summed E-state index contributed by atoms with van der Waals surface area (Å²) in [4.78, 5) is 5.18. The molecule has 122 valence electrons. The van der Waals surface area contributed by atoms with E-state index in [0.29, 0.717) is 6.04 Å². The molecule has 1 fully saturated rings. The summed E-state index contributed by atoms with van der Waals surface area (Å²) in [5.41, 5.74) is 4.18. The number of piperazine rings is 1. The molecule has 1 heterocycles. The molecule has 0 aromatic heterocycles. The van der Waals surface area contributed by atoms with Crippen LogP contribution in [-0.4, -0.2) is 37.1 Å². The van der Waals surface area contributed by atoms with Crippen molar-refractivity contribution in [3.63, 3.8) is 0 Å². The van der Waals surface area contributed by atoms with Crippen LogP contribution in [0.2, 0.25) is 0 Å². The van der Waals surface area contributed by atoms with Crippen LogP contribution in [0.1, 0.15) is 24.5 Å². The van der Waals surface area contributed by atoms with Crippen LogP contribution in [0, 0.1) is 6.92 Å². The summed E-state index contributed by atoms with van der Waals surface area (Å²) in [6.45, 7) is 9.21. The topological polar surface area (TPSA) is 6.48 Å². The zero-order valence-corrected chi connectivity index (χ0v) is 14.4. The molecule has 1 atom stereocenters. The van der Waals surface area contributed by atoms with Gasteiger partial charge in [0, 0.05) is 31.4 Å². The van der Waals surface area contributed by atoms with Gasteiger partial charge in [-0.15, -0.1) is 0 Å². The van der Waals surface area contributed by atoms with Crippen molar-refractivity contribution in [2.45, 2.75) is 32.7 Å². The van der Waals surface area contributed by atoms with Crippen LogP contribution >= 0.6 is 0 Å². The van der Waals surface area contributed by atoms with Crippen LogP contribution in [0.5, 0.6) is 0 Å². The van der Waals surface area contributed by atoms with Crippen molar-refractivity contribution in [3.05, 3.63) is 65.7 Å². The van der Waals surface area contributed by atoms with E-state index in [9.17, 15) is 0 Å². The van der Waals surface area contributed by atoms with Gasteiger partial charge in [-0.2, -0.15) is 0 Å². The van der Waals surface area contributed by atoms with Gasteiger partial charge in [0.05, 0.1) is 0 Å². The first-order chi connectivity index (χ1) is 11.2. The Hall–Kier alpha value is -1.80. The van der Waals surface area contributed by atoms with Gasteiger partial charge >= 0.3 is 0 Å². The molecular weight excluding hydrogens is 280 g/mol. The zero-order valence-electron chi connectivity index (χ0n) is 14.4. The van der Waals surface area contributed by atoms with E-state index < -0.39 is 0 Å². The largest absolute Gasteiger partial charge is 0.366 e. The minimum absolute atomic E-state index is 0.585. The van der Waals surface area contributed by atoms with Gasteiger partial charge in [-0.05, 0) is 56.5 Å². The Balaban J connectivity index is 1.48. The molecule has 1 aliphatic rings. The van der Waals surface area contributed by atoms with Crippen molar-refractivity contribution < 1.29 is 0 Å². The van der Waals surface area contributed by atoms with E-state index in [1.807, 2.05) is 0 Å². The van der Waals surface area contributed by atoms with Crippen LogP contribution in [-0.2, 0) is 6.42 Å². The molecule has 0 radical (unpaired) electrons. The molecule has 1 aliphatic heterocycles. The third kappa shape index (κ3) is 4.35. The Kier molecular flexibility index (Phi) is 5.35. The molecule has 3 rings (SSSR count). The summed E-state index contributed by atoms with van der Waals surface area (Å²) >= 11 is 0. The Morgan fingerprint density at radius 1 is 1.00 bits per heavy atom. The quantitative estimate of drug-likeness (QED) is 0.819. The molecule has 2 aromatic carbocycles. The van der Waals surface area contributed by atoms with E-state index in [1.165, 1.54) is 49.3 Å². The maximum Gasteiger partial charge on any atom is 0.0389 e. The minimum Gasteiger partial charge on any atom is -0.366 e. The van der Waals surface area contributed by atoms with Crippen LogP contribution in [0.3, 0.4) is 0 Å². The van der Waals surface area contributed by atoms with Crippen molar-refractivity contribution >= 4 is 5.69 Å². The molecule has 0 amide bonds. The monoisotopic (exact) mass is 308 g/mol. The Morgan fingerprint density at radius 3 is 2.57 bits per heavy atom. The van der Waals surface area contributed by atoms with Crippen LogP contribution in [0.4, 0.5) is 5.69 Å². The highest BCUT2D eigenvalue weighted by Crippen LogP contribution is 2.21. The summed E-state index contributed by atoms with van der Waals surface area (Å²) in [6.07, 6.45) is 2.44. The number of anilines is 1. The van der Waals surface area contributed by atoms with Crippen molar-refractivity contribution in [1.82, 2.24) is 4.90 Å². The summed E-state index contributed by atoms with van der Waals surface area (Å²) in [5, 5.41) is 0. The summed E-state index contributed by atoms with van der Waals surface area (Å²) in [5.74, 6) is 0. The number of nitrogens with zero attached hydrogens (tertiary/aromatic N) is 2. The normalized spacial score (nSPS) is 19.0. The second kappa shape index (κ2) is 7.65. The average molecular weight is 308 g/mol. The first kappa shape index (κ1) is 16.1. The Morgan fingerprint density at radius 2 is 1.83 bits per heavy atom. The van der Waals surface area contributed by atoms with Crippen molar-refractivity contribution in [2.75, 3.05) is 31.1 Å². The van der Waals surface area contributed by atoms with E-state index in [2.05, 4.69) is 78.2 Å². The third-order valence-corrected chi connectivity index (χ3v) is 4.83. The highest BCUT2D eigenvalue weighted by Gasteiger charge is 2.23. The van der Waals surface area contributed by atoms with Gasteiger partial charge in [0.15, 0.2) is 0 Å². The van der Waals surface area contributed by atoms with E-state index >= 15 is 0 Å². The average Bonchev–Trinajstić information content (AvgIpc) is 2.56. The van der Waals surface area contributed by atoms with Gasteiger partial charge in [-0.3, -0.25) is 4.90 Å². The van der Waals surface area contributed by atoms with Crippen LogP contribution in [0.15, 0.2) is 54.6 Å². The lowest BCUT2D eigenvalue weighted by Gasteiger charge is -2.41. The summed E-state index contributed by atoms with van der Waals surface area (Å²) in [6, 6.07) is 20.3. The number of benzene rings is 2. The lowest BCUT2D eigenvalue weighted by molar-refractivity contribution is 0.226. The molecule has 0 spiro atoms. The maximum atomic E-state index is 2.62. The summed E-state index contributed by atoms with van der Waals surface area (Å²) < 4.78 is 0. The third-order valence-electron chi connectivity index (χ3n) is 4.83. The predicted octanol–water partition coefficient (Wildman–Crippen LogP) is 4.14. The number of hydrogen-bond donors (Lipinski definition) is 0. The van der Waals surface area contributed by atoms with Crippen LogP contribution < -0.4 is 4.90 Å². The van der Waals surface area contributed by atoms with Crippen molar-refractivity contribution in [3.8, 4) is 0 Å². The lowest BCUT2D eigenvalue weighted by Crippen LogP contribution is -2.52. The Bertz CT molecular complexity index is 608. The predicted molar refractivity (Wildman–Crippen MR) is 99.2 cm³/mol. The molecule has 0 aliphatic carbocycles. The van der Waals surface area contributed by atoms with Gasteiger partial charge < -0.3 is 4.90 Å². The van der Waals surface area contributed by atoms with Gasteiger partial charge in [-0.1, -0.05) is 42.5 Å². The van der Waals surface area contributed by atoms with Gasteiger partial charge in [0.1, 0.15) is 0 Å². The fourth-order valence-corrected chi connectivity index (χ4v) is 3.58.